The van der Waals surface area contributed by atoms with Crippen molar-refractivity contribution in [3.63, 3.8) is 0 Å². The van der Waals surface area contributed by atoms with E-state index in [2.05, 4.69) is 24.1 Å². The molecule has 18 heavy (non-hydrogen) atoms. The molecule has 4 heteroatoms. The van der Waals surface area contributed by atoms with Gasteiger partial charge in [0.1, 0.15) is 0 Å². The van der Waals surface area contributed by atoms with Gasteiger partial charge in [-0.15, -0.1) is 0 Å². The van der Waals surface area contributed by atoms with Crippen molar-refractivity contribution in [1.29, 1.82) is 0 Å². The van der Waals surface area contributed by atoms with Crippen LogP contribution in [0.25, 0.3) is 0 Å². The highest BCUT2D eigenvalue weighted by Gasteiger charge is 2.32. The van der Waals surface area contributed by atoms with Crippen LogP contribution >= 0.6 is 0 Å². The van der Waals surface area contributed by atoms with Crippen LogP contribution in [0.1, 0.15) is 46.0 Å². The van der Waals surface area contributed by atoms with E-state index in [0.29, 0.717) is 12.3 Å². The molecular formula is C14H29N3O. The molecule has 0 aromatic rings. The van der Waals surface area contributed by atoms with Crippen LogP contribution < -0.4 is 11.1 Å². The number of nitrogens with one attached hydrogen (secondary N) is 1. The van der Waals surface area contributed by atoms with E-state index in [1.54, 1.807) is 0 Å². The van der Waals surface area contributed by atoms with E-state index in [4.69, 9.17) is 5.73 Å². The molecule has 0 saturated heterocycles. The van der Waals surface area contributed by atoms with Crippen LogP contribution in [-0.4, -0.2) is 43.0 Å². The molecule has 1 aliphatic rings. The number of rotatable bonds is 6. The van der Waals surface area contributed by atoms with E-state index in [-0.39, 0.29) is 17.5 Å². The molecule has 1 fully saturated rings. The van der Waals surface area contributed by atoms with Crippen LogP contribution in [0.5, 0.6) is 0 Å². The predicted molar refractivity (Wildman–Crippen MR) is 75.3 cm³/mol. The fourth-order valence-corrected chi connectivity index (χ4v) is 2.65. The lowest BCUT2D eigenvalue weighted by Crippen LogP contribution is -2.49. The van der Waals surface area contributed by atoms with E-state index in [9.17, 15) is 4.79 Å². The number of carbonyl (C=O) groups is 1. The van der Waals surface area contributed by atoms with Gasteiger partial charge in [-0.1, -0.05) is 26.7 Å². The number of likely N-dealkylation sites (N-methyl/N-ethyl adjacent to an activating group) is 1. The van der Waals surface area contributed by atoms with Crippen LogP contribution in [0.4, 0.5) is 0 Å². The summed E-state index contributed by atoms with van der Waals surface area (Å²) in [5.74, 6) is 0.550. The molecule has 1 atom stereocenters. The molecule has 1 rings (SSSR count). The second-order valence-corrected chi connectivity index (χ2v) is 6.43. The van der Waals surface area contributed by atoms with Crippen molar-refractivity contribution >= 4 is 5.91 Å². The van der Waals surface area contributed by atoms with Crippen molar-refractivity contribution < 1.29 is 4.79 Å². The molecular weight excluding hydrogens is 226 g/mol. The minimum absolute atomic E-state index is 0.111. The van der Waals surface area contributed by atoms with Gasteiger partial charge in [-0.25, -0.2) is 0 Å². The average molecular weight is 255 g/mol. The largest absolute Gasteiger partial charge is 0.352 e. The zero-order valence-corrected chi connectivity index (χ0v) is 12.3. The van der Waals surface area contributed by atoms with Crippen LogP contribution in [0.3, 0.4) is 0 Å². The van der Waals surface area contributed by atoms with E-state index >= 15 is 0 Å². The van der Waals surface area contributed by atoms with Gasteiger partial charge in [0.25, 0.3) is 0 Å². The van der Waals surface area contributed by atoms with Crippen molar-refractivity contribution in [2.24, 2.45) is 11.7 Å². The summed E-state index contributed by atoms with van der Waals surface area (Å²) < 4.78 is 0. The summed E-state index contributed by atoms with van der Waals surface area (Å²) in [6.45, 7) is 5.16. The summed E-state index contributed by atoms with van der Waals surface area (Å²) >= 11 is 0. The number of amides is 1. The Labute approximate surface area is 111 Å². The van der Waals surface area contributed by atoms with Gasteiger partial charge in [0.2, 0.25) is 5.91 Å². The maximum Gasteiger partial charge on any atom is 0.222 e. The summed E-state index contributed by atoms with van der Waals surface area (Å²) in [6, 6.07) is 0.206. The third kappa shape index (κ3) is 4.94. The monoisotopic (exact) mass is 255 g/mol. The third-order valence-electron chi connectivity index (χ3n) is 3.82. The van der Waals surface area contributed by atoms with Crippen molar-refractivity contribution in [2.45, 2.75) is 57.5 Å². The van der Waals surface area contributed by atoms with Crippen LogP contribution in [0.15, 0.2) is 0 Å². The fourth-order valence-electron chi connectivity index (χ4n) is 2.65. The Morgan fingerprint density at radius 1 is 1.33 bits per heavy atom. The molecule has 1 saturated carbocycles. The lowest BCUT2D eigenvalue weighted by Gasteiger charge is -2.28. The first kappa shape index (κ1) is 15.4. The van der Waals surface area contributed by atoms with Gasteiger partial charge in [-0.3, -0.25) is 4.79 Å². The van der Waals surface area contributed by atoms with Crippen LogP contribution in [0, 0.1) is 5.92 Å². The molecule has 0 aliphatic heterocycles. The Bertz CT molecular complexity index is 270. The number of hydrogen-bond acceptors (Lipinski definition) is 3. The van der Waals surface area contributed by atoms with E-state index in [0.717, 1.165) is 32.2 Å². The topological polar surface area (TPSA) is 58.4 Å². The molecule has 0 radical (unpaired) electrons. The minimum Gasteiger partial charge on any atom is -0.352 e. The third-order valence-corrected chi connectivity index (χ3v) is 3.82. The van der Waals surface area contributed by atoms with Crippen molar-refractivity contribution in [1.82, 2.24) is 10.2 Å². The molecule has 106 valence electrons. The Morgan fingerprint density at radius 3 is 2.33 bits per heavy atom. The first-order valence-corrected chi connectivity index (χ1v) is 7.05. The Balaban J connectivity index is 2.45. The summed E-state index contributed by atoms with van der Waals surface area (Å²) in [4.78, 5) is 14.2. The number of hydrogen-bond donors (Lipinski definition) is 2. The minimum atomic E-state index is -0.246. The van der Waals surface area contributed by atoms with Gasteiger partial charge in [-0.05, 0) is 32.9 Å². The molecule has 4 nitrogen and oxygen atoms in total. The van der Waals surface area contributed by atoms with Gasteiger partial charge < -0.3 is 16.0 Å². The van der Waals surface area contributed by atoms with Gasteiger partial charge in [0.15, 0.2) is 0 Å². The highest BCUT2D eigenvalue weighted by atomic mass is 16.1. The van der Waals surface area contributed by atoms with E-state index < -0.39 is 0 Å². The van der Waals surface area contributed by atoms with E-state index in [1.807, 2.05) is 14.1 Å². The average Bonchev–Trinajstić information content (AvgIpc) is 2.62. The number of nitrogens with zero attached hydrogens (tertiary/aromatic N) is 1. The predicted octanol–water partition coefficient (Wildman–Crippen LogP) is 1.35. The molecule has 1 unspecified atom stereocenters. The Kier molecular flexibility index (Phi) is 5.60. The second kappa shape index (κ2) is 6.53. The fraction of sp³-hybridized carbons (Fsp3) is 0.929. The van der Waals surface area contributed by atoms with Crippen molar-refractivity contribution in [3.05, 3.63) is 0 Å². The summed E-state index contributed by atoms with van der Waals surface area (Å²) in [6.07, 6.45) is 4.77. The lowest BCUT2D eigenvalue weighted by molar-refractivity contribution is -0.123. The van der Waals surface area contributed by atoms with Gasteiger partial charge in [0, 0.05) is 24.5 Å². The molecule has 0 bridgehead atoms. The molecule has 0 aromatic carbocycles. The molecule has 3 N–H and O–H groups in total. The standard InChI is InChI=1S/C14H29N3O/c1-11(2)12(10-17(3)4)16-13(18)9-14(15)7-5-6-8-14/h11-12H,5-10,15H2,1-4H3,(H,16,18). The van der Waals surface area contributed by atoms with Crippen molar-refractivity contribution in [3.8, 4) is 0 Å². The highest BCUT2D eigenvalue weighted by Crippen LogP contribution is 2.29. The zero-order chi connectivity index (χ0) is 13.8. The Hall–Kier alpha value is -0.610. The zero-order valence-electron chi connectivity index (χ0n) is 12.3. The SMILES string of the molecule is CC(C)C(CN(C)C)NC(=O)CC1(N)CCCC1. The van der Waals surface area contributed by atoms with Gasteiger partial charge >= 0.3 is 0 Å². The normalized spacial score (nSPS) is 20.4. The highest BCUT2D eigenvalue weighted by molar-refractivity contribution is 5.77. The number of nitrogens with two attached hydrogens (primary N) is 1. The maximum absolute atomic E-state index is 12.1. The Morgan fingerprint density at radius 2 is 1.89 bits per heavy atom. The summed E-state index contributed by atoms with van der Waals surface area (Å²) in [5, 5.41) is 3.14. The molecule has 0 spiro atoms. The molecule has 0 heterocycles. The second-order valence-electron chi connectivity index (χ2n) is 6.43. The van der Waals surface area contributed by atoms with E-state index in [1.165, 1.54) is 0 Å². The quantitative estimate of drug-likeness (QED) is 0.753. The molecule has 1 amide bonds. The first-order chi connectivity index (χ1) is 8.32. The van der Waals surface area contributed by atoms with Crippen LogP contribution in [-0.2, 0) is 4.79 Å². The van der Waals surface area contributed by atoms with Gasteiger partial charge in [-0.2, -0.15) is 0 Å². The number of carbonyl (C=O) groups excluding carboxylic acids is 1. The van der Waals surface area contributed by atoms with Crippen LogP contribution in [0.2, 0.25) is 0 Å². The summed E-state index contributed by atoms with van der Waals surface area (Å²) in [5.41, 5.74) is 6.00. The van der Waals surface area contributed by atoms with Gasteiger partial charge in [0.05, 0.1) is 0 Å². The molecule has 1 aliphatic carbocycles. The maximum atomic E-state index is 12.1. The first-order valence-electron chi connectivity index (χ1n) is 7.05. The summed E-state index contributed by atoms with van der Waals surface area (Å²) in [7, 11) is 4.06. The molecule has 0 aromatic heterocycles. The smallest absolute Gasteiger partial charge is 0.222 e. The lowest BCUT2D eigenvalue weighted by atomic mass is 9.93. The van der Waals surface area contributed by atoms with Crippen molar-refractivity contribution in [2.75, 3.05) is 20.6 Å².